The summed E-state index contributed by atoms with van der Waals surface area (Å²) in [5.41, 5.74) is -1.56. The lowest BCUT2D eigenvalue weighted by Crippen LogP contribution is -2.34. The van der Waals surface area contributed by atoms with Gasteiger partial charge in [0, 0.05) is 11.6 Å². The van der Waals surface area contributed by atoms with E-state index in [2.05, 4.69) is 5.32 Å². The monoisotopic (exact) mass is 582 g/mol. The number of rotatable bonds is 7. The van der Waals surface area contributed by atoms with Crippen molar-refractivity contribution >= 4 is 39.4 Å². The first kappa shape index (κ1) is 29.7. The fourth-order valence-corrected chi connectivity index (χ4v) is 5.10. The number of aromatic hydroxyl groups is 1. The third-order valence-electron chi connectivity index (χ3n) is 5.32. The molecule has 208 valence electrons. The molecule has 0 aliphatic rings. The summed E-state index contributed by atoms with van der Waals surface area (Å²) < 4.78 is 62.9. The van der Waals surface area contributed by atoms with Crippen molar-refractivity contribution in [3.8, 4) is 16.9 Å². The summed E-state index contributed by atoms with van der Waals surface area (Å²) >= 11 is 5.78. The summed E-state index contributed by atoms with van der Waals surface area (Å²) in [6.07, 6.45) is -0.722. The lowest BCUT2D eigenvalue weighted by Gasteiger charge is -2.23. The van der Waals surface area contributed by atoms with Crippen molar-refractivity contribution in [2.45, 2.75) is 44.2 Å². The molecule has 0 unspecified atom stereocenters. The molecule has 1 amide bonds. The van der Waals surface area contributed by atoms with Gasteiger partial charge in [0.05, 0.1) is 22.3 Å². The van der Waals surface area contributed by atoms with E-state index >= 15 is 4.39 Å². The van der Waals surface area contributed by atoms with E-state index < -0.39 is 72.3 Å². The van der Waals surface area contributed by atoms with Gasteiger partial charge in [0.15, 0.2) is 5.75 Å². The fraction of sp³-hybridized carbons (Fsp3) is 0.231. The van der Waals surface area contributed by atoms with Crippen LogP contribution in [-0.2, 0) is 14.8 Å². The highest BCUT2D eigenvalue weighted by Crippen LogP contribution is 2.36. The third-order valence-corrected chi connectivity index (χ3v) is 6.98. The highest BCUT2D eigenvalue weighted by atomic mass is 35.5. The summed E-state index contributed by atoms with van der Waals surface area (Å²) in [5, 5.41) is 21.4. The van der Waals surface area contributed by atoms with E-state index in [1.165, 1.54) is 6.07 Å². The van der Waals surface area contributed by atoms with E-state index in [-0.39, 0.29) is 11.1 Å². The van der Waals surface area contributed by atoms with Crippen LogP contribution in [0.25, 0.3) is 11.1 Å². The van der Waals surface area contributed by atoms with Crippen molar-refractivity contribution in [3.63, 3.8) is 0 Å². The van der Waals surface area contributed by atoms with Gasteiger partial charge < -0.3 is 20.3 Å². The molecular weight excluding hydrogens is 558 g/mol. The van der Waals surface area contributed by atoms with Gasteiger partial charge in [0.1, 0.15) is 22.1 Å². The van der Waals surface area contributed by atoms with E-state index in [4.69, 9.17) is 16.3 Å². The minimum Gasteiger partial charge on any atom is -0.505 e. The second kappa shape index (κ2) is 11.1. The van der Waals surface area contributed by atoms with Crippen molar-refractivity contribution in [2.24, 2.45) is 0 Å². The van der Waals surface area contributed by atoms with Crippen LogP contribution in [0.1, 0.15) is 49.7 Å². The van der Waals surface area contributed by atoms with Crippen LogP contribution in [-0.4, -0.2) is 36.3 Å². The summed E-state index contributed by atoms with van der Waals surface area (Å²) in [4.78, 5) is 22.7. The first-order valence-electron chi connectivity index (χ1n) is 11.4. The quantitative estimate of drug-likeness (QED) is 0.264. The number of carboxylic acid groups (broad SMARTS) is 1. The van der Waals surface area contributed by atoms with Crippen molar-refractivity contribution in [3.05, 3.63) is 76.3 Å². The van der Waals surface area contributed by atoms with Gasteiger partial charge in [0.25, 0.3) is 10.0 Å². The number of ether oxygens (including phenoxy) is 1. The summed E-state index contributed by atoms with van der Waals surface area (Å²) in [7, 11) is -4.80. The number of sulfonamides is 1. The minimum absolute atomic E-state index is 0.205. The lowest BCUT2D eigenvalue weighted by molar-refractivity contribution is 0.0507. The fourth-order valence-electron chi connectivity index (χ4n) is 3.62. The first-order chi connectivity index (χ1) is 18.0. The molecular formula is C26H25ClF2N2O7S. The van der Waals surface area contributed by atoms with Crippen molar-refractivity contribution in [1.82, 2.24) is 5.32 Å². The maximum Gasteiger partial charge on any atom is 0.408 e. The van der Waals surface area contributed by atoms with Crippen LogP contribution in [0, 0.1) is 11.6 Å². The average molecular weight is 583 g/mol. The van der Waals surface area contributed by atoms with E-state index in [0.717, 1.165) is 12.1 Å². The predicted octanol–water partition coefficient (Wildman–Crippen LogP) is 6.08. The predicted molar refractivity (Wildman–Crippen MR) is 140 cm³/mol. The molecule has 0 saturated heterocycles. The molecule has 0 aromatic heterocycles. The molecule has 3 aromatic rings. The van der Waals surface area contributed by atoms with E-state index in [1.807, 2.05) is 4.72 Å². The zero-order valence-electron chi connectivity index (χ0n) is 21.2. The number of carbonyl (C=O) groups is 2. The smallest absolute Gasteiger partial charge is 0.408 e. The zero-order valence-corrected chi connectivity index (χ0v) is 22.7. The van der Waals surface area contributed by atoms with E-state index in [1.54, 1.807) is 45.9 Å². The van der Waals surface area contributed by atoms with Gasteiger partial charge in [-0.1, -0.05) is 35.9 Å². The van der Waals surface area contributed by atoms with Crippen LogP contribution in [0.5, 0.6) is 5.75 Å². The Bertz CT molecular complexity index is 1560. The van der Waals surface area contributed by atoms with Crippen LogP contribution in [0.4, 0.5) is 19.3 Å². The van der Waals surface area contributed by atoms with Crippen molar-refractivity contribution < 1.29 is 41.7 Å². The number of amides is 1. The Balaban J connectivity index is 2.04. The van der Waals surface area contributed by atoms with E-state index in [9.17, 15) is 32.6 Å². The third kappa shape index (κ3) is 6.95. The number of aromatic carboxylic acids is 1. The largest absolute Gasteiger partial charge is 0.505 e. The molecule has 9 nitrogen and oxygen atoms in total. The molecule has 0 saturated carbocycles. The number of halogens is 3. The van der Waals surface area contributed by atoms with Gasteiger partial charge in [-0.2, -0.15) is 0 Å². The Hall–Kier alpha value is -3.90. The Morgan fingerprint density at radius 1 is 1.03 bits per heavy atom. The number of alkyl carbamates (subject to hydrolysis) is 1. The number of anilines is 1. The van der Waals surface area contributed by atoms with E-state index in [0.29, 0.717) is 17.7 Å². The highest BCUT2D eigenvalue weighted by molar-refractivity contribution is 7.92. The van der Waals surface area contributed by atoms with Crippen LogP contribution in [0.15, 0.2) is 53.4 Å². The molecule has 1 atom stereocenters. The second-order valence-electron chi connectivity index (χ2n) is 9.48. The van der Waals surface area contributed by atoms with Gasteiger partial charge in [-0.05, 0) is 57.0 Å². The topological polar surface area (TPSA) is 142 Å². The summed E-state index contributed by atoms with van der Waals surface area (Å²) in [5.74, 6) is -4.78. The van der Waals surface area contributed by atoms with Crippen LogP contribution < -0.4 is 10.0 Å². The number of phenols is 1. The van der Waals surface area contributed by atoms with Gasteiger partial charge >= 0.3 is 12.1 Å². The van der Waals surface area contributed by atoms with Gasteiger partial charge in [0.2, 0.25) is 0 Å². The van der Waals surface area contributed by atoms with Gasteiger partial charge in [-0.25, -0.2) is 26.8 Å². The molecule has 13 heteroatoms. The van der Waals surface area contributed by atoms with Crippen LogP contribution in [0.2, 0.25) is 5.02 Å². The Morgan fingerprint density at radius 2 is 1.67 bits per heavy atom. The minimum atomic E-state index is -4.80. The second-order valence-corrected chi connectivity index (χ2v) is 11.5. The normalized spacial score (nSPS) is 12.5. The lowest BCUT2D eigenvalue weighted by atomic mass is 9.95. The molecule has 3 aromatic carbocycles. The number of hydrogen-bond donors (Lipinski definition) is 4. The van der Waals surface area contributed by atoms with Crippen molar-refractivity contribution in [1.29, 1.82) is 0 Å². The number of benzene rings is 3. The van der Waals surface area contributed by atoms with Crippen molar-refractivity contribution in [2.75, 3.05) is 4.72 Å². The Kier molecular flexibility index (Phi) is 8.42. The summed E-state index contributed by atoms with van der Waals surface area (Å²) in [6.45, 7) is 6.68. The molecule has 0 fully saturated rings. The number of phenolic OH excluding ortho intramolecular Hbond substituents is 1. The number of nitrogens with one attached hydrogen (secondary N) is 2. The molecule has 3 rings (SSSR count). The molecule has 0 heterocycles. The summed E-state index contributed by atoms with van der Waals surface area (Å²) in [6, 6.07) is 8.48. The standard InChI is InChI=1S/C26H25ClF2N2O7S/c1-13(30-25(35)38-26(2,3)4)15-7-5-6-8-16(15)17-11-21(20(29)12-19(17)28)31-39(36,37)22-10-14(24(33)34)9-18(27)23(22)32/h5-13,31-32H,1-4H3,(H,30,35)(H,33,34)/t13-/m0/s1. The molecule has 0 aliphatic carbocycles. The Labute approximate surface area is 228 Å². The average Bonchev–Trinajstić information content (AvgIpc) is 2.80. The maximum absolute atomic E-state index is 15.0. The number of hydrogen-bond acceptors (Lipinski definition) is 6. The Morgan fingerprint density at radius 3 is 2.28 bits per heavy atom. The number of carboxylic acids is 1. The molecule has 4 N–H and O–H groups in total. The molecule has 0 aliphatic heterocycles. The molecule has 39 heavy (non-hydrogen) atoms. The van der Waals surface area contributed by atoms with Gasteiger partial charge in [-0.15, -0.1) is 0 Å². The zero-order chi connectivity index (χ0) is 29.3. The van der Waals surface area contributed by atoms with Crippen LogP contribution >= 0.6 is 11.6 Å². The van der Waals surface area contributed by atoms with Gasteiger partial charge in [-0.3, -0.25) is 4.72 Å². The molecule has 0 bridgehead atoms. The first-order valence-corrected chi connectivity index (χ1v) is 13.2. The SMILES string of the molecule is C[C@H](NC(=O)OC(C)(C)C)c1ccccc1-c1cc(NS(=O)(=O)c2cc(C(=O)O)cc(Cl)c2O)c(F)cc1F. The maximum atomic E-state index is 15.0. The molecule has 0 radical (unpaired) electrons. The highest BCUT2D eigenvalue weighted by Gasteiger charge is 2.26. The molecule has 0 spiro atoms. The van der Waals surface area contributed by atoms with Crippen LogP contribution in [0.3, 0.4) is 0 Å². The number of carbonyl (C=O) groups excluding carboxylic acids is 1.